The van der Waals surface area contributed by atoms with Crippen LogP contribution in [0.1, 0.15) is 20.3 Å². The Morgan fingerprint density at radius 3 is 2.10 bits per heavy atom. The van der Waals surface area contributed by atoms with E-state index in [9.17, 15) is 8.42 Å². The van der Waals surface area contributed by atoms with E-state index in [2.05, 4.69) is 0 Å². The van der Waals surface area contributed by atoms with E-state index in [4.69, 9.17) is 10.8 Å². The maximum atomic E-state index is 10.9. The normalized spacial score (nSPS) is 18.4. The molecule has 0 bridgehead atoms. The third-order valence-corrected chi connectivity index (χ3v) is 3.43. The molecule has 0 aliphatic rings. The fourth-order valence-electron chi connectivity index (χ4n) is 0.485. The van der Waals surface area contributed by atoms with E-state index in [0.29, 0.717) is 6.42 Å². The van der Waals surface area contributed by atoms with Gasteiger partial charge >= 0.3 is 0 Å². The molecule has 0 spiro atoms. The van der Waals surface area contributed by atoms with Gasteiger partial charge < -0.3 is 10.8 Å². The lowest BCUT2D eigenvalue weighted by Gasteiger charge is -2.11. The third kappa shape index (κ3) is 1.93. The molecule has 2 unspecified atom stereocenters. The second kappa shape index (κ2) is 3.32. The first-order valence-corrected chi connectivity index (χ1v) is 4.70. The molecule has 0 rings (SSSR count). The molecule has 0 aromatic carbocycles. The molecule has 0 aromatic rings. The Morgan fingerprint density at radius 1 is 1.60 bits per heavy atom. The molecule has 62 valence electrons. The van der Waals surface area contributed by atoms with E-state index in [1.165, 1.54) is 6.92 Å². The highest BCUT2D eigenvalue weighted by Crippen LogP contribution is 2.04. The van der Waals surface area contributed by atoms with Gasteiger partial charge in [-0.3, -0.25) is 0 Å². The molecular weight excluding hydrogens is 154 g/mol. The van der Waals surface area contributed by atoms with Crippen LogP contribution in [0.4, 0.5) is 0 Å². The monoisotopic (exact) mass is 167 g/mol. The lowest BCUT2D eigenvalue weighted by Crippen LogP contribution is -2.36. The minimum Gasteiger partial charge on any atom is -0.377 e. The number of sulfone groups is 1. The molecule has 0 aromatic heterocycles. The third-order valence-electron chi connectivity index (χ3n) is 1.30. The number of hydrogen-bond donors (Lipinski definition) is 2. The maximum absolute atomic E-state index is 10.9. The minimum absolute atomic E-state index is 0.327. The Kier molecular flexibility index (Phi) is 3.27. The van der Waals surface area contributed by atoms with Crippen molar-refractivity contribution in [3.63, 3.8) is 0 Å². The Balaban J connectivity index is 4.42. The first-order valence-electron chi connectivity index (χ1n) is 3.09. The molecule has 2 atom stereocenters. The van der Waals surface area contributed by atoms with Gasteiger partial charge in [-0.1, -0.05) is 6.92 Å². The van der Waals surface area contributed by atoms with Crippen LogP contribution < -0.4 is 5.73 Å². The summed E-state index contributed by atoms with van der Waals surface area (Å²) >= 11 is 0. The zero-order valence-corrected chi connectivity index (χ0v) is 6.93. The van der Waals surface area contributed by atoms with Crippen LogP contribution in [0.5, 0.6) is 0 Å². The Labute approximate surface area is 61.0 Å². The lowest BCUT2D eigenvalue weighted by atomic mass is 10.5. The van der Waals surface area contributed by atoms with Gasteiger partial charge in [0.05, 0.1) is 0 Å². The fourth-order valence-corrected chi connectivity index (χ4v) is 1.46. The standard InChI is InChI=1S/C5H13NO3S/c1-3-5(6)10(8,9)4(2)7/h4-5,7H,3,6H2,1-2H3. The highest BCUT2D eigenvalue weighted by molar-refractivity contribution is 7.92. The summed E-state index contributed by atoms with van der Waals surface area (Å²) in [5, 5.41) is 7.78. The molecule has 0 amide bonds. The van der Waals surface area contributed by atoms with Gasteiger partial charge in [-0.05, 0) is 13.3 Å². The molecule has 0 radical (unpaired) electrons. The van der Waals surface area contributed by atoms with Crippen molar-refractivity contribution in [1.82, 2.24) is 0 Å². The predicted octanol–water partition coefficient (Wildman–Crippen LogP) is -0.566. The van der Waals surface area contributed by atoms with Gasteiger partial charge in [0.15, 0.2) is 15.3 Å². The van der Waals surface area contributed by atoms with E-state index >= 15 is 0 Å². The molecular formula is C5H13NO3S. The largest absolute Gasteiger partial charge is 0.377 e. The molecule has 5 heteroatoms. The van der Waals surface area contributed by atoms with Gasteiger partial charge in [0.25, 0.3) is 0 Å². The predicted molar refractivity (Wildman–Crippen MR) is 38.9 cm³/mol. The van der Waals surface area contributed by atoms with Gasteiger partial charge in [0.1, 0.15) is 5.37 Å². The summed E-state index contributed by atoms with van der Waals surface area (Å²) in [5.41, 5.74) is 3.84. The summed E-state index contributed by atoms with van der Waals surface area (Å²) in [6, 6.07) is 0. The summed E-state index contributed by atoms with van der Waals surface area (Å²) < 4.78 is 21.8. The Morgan fingerprint density at radius 2 is 2.00 bits per heavy atom. The zero-order chi connectivity index (χ0) is 8.36. The van der Waals surface area contributed by atoms with Crippen molar-refractivity contribution in [3.05, 3.63) is 0 Å². The molecule has 0 fully saturated rings. The second-order valence-electron chi connectivity index (χ2n) is 2.14. The molecule has 0 aliphatic heterocycles. The number of rotatable bonds is 3. The van der Waals surface area contributed by atoms with Crippen LogP contribution >= 0.6 is 0 Å². The van der Waals surface area contributed by atoms with Gasteiger partial charge in [-0.15, -0.1) is 0 Å². The topological polar surface area (TPSA) is 80.4 Å². The molecule has 0 saturated carbocycles. The van der Waals surface area contributed by atoms with Gasteiger partial charge in [0.2, 0.25) is 0 Å². The van der Waals surface area contributed by atoms with E-state index in [1.54, 1.807) is 6.92 Å². The quantitative estimate of drug-likeness (QED) is 0.590. The summed E-state index contributed by atoms with van der Waals surface area (Å²) in [5.74, 6) is 0. The van der Waals surface area contributed by atoms with Gasteiger partial charge in [-0.2, -0.15) is 0 Å². The molecule has 0 aliphatic carbocycles. The number of aliphatic hydroxyl groups is 1. The molecule has 4 nitrogen and oxygen atoms in total. The summed E-state index contributed by atoms with van der Waals surface area (Å²) in [7, 11) is -3.49. The smallest absolute Gasteiger partial charge is 0.192 e. The van der Waals surface area contributed by atoms with Crippen LogP contribution in [-0.2, 0) is 9.84 Å². The average molecular weight is 167 g/mol. The van der Waals surface area contributed by atoms with Crippen LogP contribution in [0.15, 0.2) is 0 Å². The Hall–Kier alpha value is -0.130. The fraction of sp³-hybridized carbons (Fsp3) is 1.00. The molecule has 0 heterocycles. The number of aliphatic hydroxyl groups excluding tert-OH is 1. The SMILES string of the molecule is CCC(N)S(=O)(=O)C(C)O. The van der Waals surface area contributed by atoms with E-state index in [0.717, 1.165) is 0 Å². The van der Waals surface area contributed by atoms with Gasteiger partial charge in [-0.25, -0.2) is 8.42 Å². The van der Waals surface area contributed by atoms with Crippen molar-refractivity contribution in [1.29, 1.82) is 0 Å². The van der Waals surface area contributed by atoms with Crippen molar-refractivity contribution >= 4 is 9.84 Å². The van der Waals surface area contributed by atoms with Crippen molar-refractivity contribution < 1.29 is 13.5 Å². The second-order valence-corrected chi connectivity index (χ2v) is 4.60. The number of nitrogens with two attached hydrogens (primary N) is 1. The summed E-state index contributed by atoms with van der Waals surface area (Å²) in [4.78, 5) is 0. The van der Waals surface area contributed by atoms with Crippen LogP contribution in [0.25, 0.3) is 0 Å². The van der Waals surface area contributed by atoms with Crippen LogP contribution in [0.2, 0.25) is 0 Å². The van der Waals surface area contributed by atoms with E-state index < -0.39 is 20.6 Å². The molecule has 3 N–H and O–H groups in total. The highest BCUT2D eigenvalue weighted by atomic mass is 32.2. The first kappa shape index (κ1) is 9.87. The lowest BCUT2D eigenvalue weighted by molar-refractivity contribution is 0.266. The number of hydrogen-bond acceptors (Lipinski definition) is 4. The van der Waals surface area contributed by atoms with Crippen molar-refractivity contribution in [2.45, 2.75) is 31.1 Å². The van der Waals surface area contributed by atoms with Crippen molar-refractivity contribution in [2.75, 3.05) is 0 Å². The van der Waals surface area contributed by atoms with Crippen LogP contribution in [0.3, 0.4) is 0 Å². The highest BCUT2D eigenvalue weighted by Gasteiger charge is 2.24. The van der Waals surface area contributed by atoms with Crippen molar-refractivity contribution in [3.8, 4) is 0 Å². The van der Waals surface area contributed by atoms with E-state index in [1.807, 2.05) is 0 Å². The molecule has 0 saturated heterocycles. The van der Waals surface area contributed by atoms with E-state index in [-0.39, 0.29) is 0 Å². The zero-order valence-electron chi connectivity index (χ0n) is 6.11. The average Bonchev–Trinajstić information content (AvgIpc) is 1.86. The first-order chi connectivity index (χ1) is 4.42. The Bertz CT molecular complexity index is 185. The molecule has 10 heavy (non-hydrogen) atoms. The maximum Gasteiger partial charge on any atom is 0.192 e. The van der Waals surface area contributed by atoms with Crippen LogP contribution in [0, 0.1) is 0 Å². The van der Waals surface area contributed by atoms with Crippen molar-refractivity contribution in [2.24, 2.45) is 5.73 Å². The summed E-state index contributed by atoms with van der Waals surface area (Å²) in [6.45, 7) is 2.86. The summed E-state index contributed by atoms with van der Waals surface area (Å²) in [6.07, 6.45) is 0.327. The van der Waals surface area contributed by atoms with Crippen LogP contribution in [-0.4, -0.2) is 24.3 Å². The minimum atomic E-state index is -3.49. The van der Waals surface area contributed by atoms with Gasteiger partial charge in [0, 0.05) is 0 Å².